The van der Waals surface area contributed by atoms with Crippen LogP contribution in [-0.2, 0) is 13.6 Å². The molecular formula is C17H17N5O2. The Labute approximate surface area is 138 Å². The van der Waals surface area contributed by atoms with Crippen LogP contribution in [0.1, 0.15) is 5.56 Å². The number of rotatable bonds is 5. The van der Waals surface area contributed by atoms with Crippen molar-refractivity contribution in [3.8, 4) is 11.3 Å². The zero-order chi connectivity index (χ0) is 17.1. The second-order valence-corrected chi connectivity index (χ2v) is 5.42. The first-order valence-corrected chi connectivity index (χ1v) is 7.39. The molecule has 0 atom stereocenters. The number of nitro groups is 1. The maximum atomic E-state index is 11.1. The van der Waals surface area contributed by atoms with Crippen molar-refractivity contribution in [2.24, 2.45) is 7.05 Å². The molecule has 0 fully saturated rings. The fraction of sp³-hybridized carbons (Fsp3) is 0.118. The number of nitrogens with two attached hydrogens (primary N) is 1. The van der Waals surface area contributed by atoms with Crippen LogP contribution >= 0.6 is 0 Å². The van der Waals surface area contributed by atoms with Crippen molar-refractivity contribution in [3.05, 3.63) is 70.4 Å². The van der Waals surface area contributed by atoms with Crippen LogP contribution < -0.4 is 11.1 Å². The molecule has 24 heavy (non-hydrogen) atoms. The molecule has 0 aliphatic carbocycles. The number of hydrogen-bond acceptors (Lipinski definition) is 5. The quantitative estimate of drug-likeness (QED) is 0.427. The molecule has 3 aromatic rings. The van der Waals surface area contributed by atoms with E-state index in [0.29, 0.717) is 17.9 Å². The number of aromatic nitrogens is 2. The molecule has 122 valence electrons. The molecule has 0 saturated carbocycles. The normalized spacial score (nSPS) is 10.5. The van der Waals surface area contributed by atoms with Gasteiger partial charge in [0, 0.05) is 31.5 Å². The smallest absolute Gasteiger partial charge is 0.292 e. The fourth-order valence-electron chi connectivity index (χ4n) is 2.50. The van der Waals surface area contributed by atoms with E-state index in [-0.39, 0.29) is 5.69 Å². The van der Waals surface area contributed by atoms with Gasteiger partial charge >= 0.3 is 0 Å². The molecule has 0 amide bonds. The zero-order valence-electron chi connectivity index (χ0n) is 13.1. The number of aryl methyl sites for hydroxylation is 1. The minimum atomic E-state index is -0.423. The number of nitrogens with zero attached hydrogens (tertiary/aromatic N) is 3. The number of anilines is 2. The third kappa shape index (κ3) is 3.19. The second kappa shape index (κ2) is 6.41. The lowest BCUT2D eigenvalue weighted by molar-refractivity contribution is -0.383. The SMILES string of the molecule is Cn1nccc1-c1ccc(CNc2cc(N)ccc2[N+](=O)[O-])cc1. The van der Waals surface area contributed by atoms with E-state index in [9.17, 15) is 10.1 Å². The molecule has 0 spiro atoms. The number of hydrogen-bond donors (Lipinski definition) is 2. The van der Waals surface area contributed by atoms with E-state index in [4.69, 9.17) is 5.73 Å². The van der Waals surface area contributed by atoms with E-state index in [1.54, 1.807) is 12.3 Å². The summed E-state index contributed by atoms with van der Waals surface area (Å²) in [4.78, 5) is 10.6. The molecule has 2 aromatic carbocycles. The van der Waals surface area contributed by atoms with Crippen LogP contribution in [-0.4, -0.2) is 14.7 Å². The van der Waals surface area contributed by atoms with Crippen LogP contribution in [0.4, 0.5) is 17.1 Å². The van der Waals surface area contributed by atoms with E-state index in [1.807, 2.05) is 42.1 Å². The predicted molar refractivity (Wildman–Crippen MR) is 93.5 cm³/mol. The van der Waals surface area contributed by atoms with Gasteiger partial charge in [0.2, 0.25) is 0 Å². The summed E-state index contributed by atoms with van der Waals surface area (Å²) in [6, 6.07) is 14.4. The minimum absolute atomic E-state index is 0.00991. The van der Waals surface area contributed by atoms with Crippen molar-refractivity contribution in [1.29, 1.82) is 0 Å². The van der Waals surface area contributed by atoms with E-state index in [2.05, 4.69) is 10.4 Å². The fourth-order valence-corrected chi connectivity index (χ4v) is 2.50. The lowest BCUT2D eigenvalue weighted by atomic mass is 10.1. The van der Waals surface area contributed by atoms with Crippen LogP contribution in [0.3, 0.4) is 0 Å². The minimum Gasteiger partial charge on any atom is -0.399 e. The molecule has 0 unspecified atom stereocenters. The number of benzene rings is 2. The first-order chi connectivity index (χ1) is 11.5. The molecule has 0 saturated heterocycles. The van der Waals surface area contributed by atoms with Gasteiger partial charge in [0.1, 0.15) is 5.69 Å². The van der Waals surface area contributed by atoms with Crippen molar-refractivity contribution >= 4 is 17.1 Å². The van der Waals surface area contributed by atoms with Gasteiger partial charge in [0.05, 0.1) is 10.6 Å². The highest BCUT2D eigenvalue weighted by Crippen LogP contribution is 2.27. The van der Waals surface area contributed by atoms with Crippen molar-refractivity contribution in [2.75, 3.05) is 11.1 Å². The third-order valence-electron chi connectivity index (χ3n) is 3.77. The predicted octanol–water partition coefficient (Wildman–Crippen LogP) is 3.19. The average Bonchev–Trinajstić information content (AvgIpc) is 2.99. The van der Waals surface area contributed by atoms with Crippen LogP contribution in [0.5, 0.6) is 0 Å². The summed E-state index contributed by atoms with van der Waals surface area (Å²) in [5.41, 5.74) is 9.72. The third-order valence-corrected chi connectivity index (χ3v) is 3.77. The van der Waals surface area contributed by atoms with Gasteiger partial charge in [0.25, 0.3) is 5.69 Å². The van der Waals surface area contributed by atoms with Crippen molar-refractivity contribution in [3.63, 3.8) is 0 Å². The first-order valence-electron chi connectivity index (χ1n) is 7.39. The molecular weight excluding hydrogens is 306 g/mol. The van der Waals surface area contributed by atoms with Gasteiger partial charge in [-0.05, 0) is 29.3 Å². The Morgan fingerprint density at radius 3 is 2.58 bits per heavy atom. The molecule has 7 nitrogen and oxygen atoms in total. The van der Waals surface area contributed by atoms with Crippen molar-refractivity contribution in [1.82, 2.24) is 9.78 Å². The second-order valence-electron chi connectivity index (χ2n) is 5.42. The van der Waals surface area contributed by atoms with Gasteiger partial charge in [-0.3, -0.25) is 14.8 Å². The molecule has 0 radical (unpaired) electrons. The summed E-state index contributed by atoms with van der Waals surface area (Å²) in [5.74, 6) is 0. The molecule has 0 bridgehead atoms. The molecule has 0 aliphatic rings. The van der Waals surface area contributed by atoms with E-state index < -0.39 is 4.92 Å². The van der Waals surface area contributed by atoms with E-state index in [0.717, 1.165) is 16.8 Å². The van der Waals surface area contributed by atoms with Crippen LogP contribution in [0.25, 0.3) is 11.3 Å². The lowest BCUT2D eigenvalue weighted by Crippen LogP contribution is -2.03. The van der Waals surface area contributed by atoms with Crippen molar-refractivity contribution in [2.45, 2.75) is 6.54 Å². The highest BCUT2D eigenvalue weighted by Gasteiger charge is 2.13. The Kier molecular flexibility index (Phi) is 4.15. The van der Waals surface area contributed by atoms with Gasteiger partial charge in [-0.2, -0.15) is 5.10 Å². The largest absolute Gasteiger partial charge is 0.399 e. The maximum Gasteiger partial charge on any atom is 0.292 e. The highest BCUT2D eigenvalue weighted by atomic mass is 16.6. The number of nitrogen functional groups attached to an aromatic ring is 1. The van der Waals surface area contributed by atoms with Gasteiger partial charge in [-0.25, -0.2) is 0 Å². The summed E-state index contributed by atoms with van der Waals surface area (Å²) in [6.45, 7) is 0.468. The van der Waals surface area contributed by atoms with Gasteiger partial charge in [-0.1, -0.05) is 24.3 Å². The number of nitrogens with one attached hydrogen (secondary N) is 1. The Morgan fingerprint density at radius 2 is 1.96 bits per heavy atom. The van der Waals surface area contributed by atoms with E-state index in [1.165, 1.54) is 12.1 Å². The zero-order valence-corrected chi connectivity index (χ0v) is 13.1. The van der Waals surface area contributed by atoms with Crippen LogP contribution in [0.2, 0.25) is 0 Å². The van der Waals surface area contributed by atoms with Gasteiger partial charge in [0.15, 0.2) is 0 Å². The monoisotopic (exact) mass is 323 g/mol. The topological polar surface area (TPSA) is 99.0 Å². The average molecular weight is 323 g/mol. The summed E-state index contributed by atoms with van der Waals surface area (Å²) in [7, 11) is 1.89. The molecule has 3 rings (SSSR count). The Hall–Kier alpha value is -3.35. The molecule has 0 aliphatic heterocycles. The molecule has 7 heteroatoms. The molecule has 1 heterocycles. The van der Waals surface area contributed by atoms with E-state index >= 15 is 0 Å². The van der Waals surface area contributed by atoms with Crippen molar-refractivity contribution < 1.29 is 4.92 Å². The standard InChI is InChI=1S/C17H17N5O2/c1-21-16(8-9-20-21)13-4-2-12(3-5-13)11-19-15-10-14(18)6-7-17(15)22(23)24/h2-10,19H,11,18H2,1H3. The van der Waals surface area contributed by atoms with Crippen LogP contribution in [0, 0.1) is 10.1 Å². The van der Waals surface area contributed by atoms with Crippen LogP contribution in [0.15, 0.2) is 54.7 Å². The van der Waals surface area contributed by atoms with Gasteiger partial charge < -0.3 is 11.1 Å². The Balaban J connectivity index is 1.75. The summed E-state index contributed by atoms with van der Waals surface area (Å²) < 4.78 is 1.81. The Morgan fingerprint density at radius 1 is 1.21 bits per heavy atom. The summed E-state index contributed by atoms with van der Waals surface area (Å²) in [6.07, 6.45) is 1.75. The number of nitro benzene ring substituents is 1. The summed E-state index contributed by atoms with van der Waals surface area (Å²) >= 11 is 0. The molecule has 3 N–H and O–H groups in total. The first kappa shape index (κ1) is 15.5. The lowest BCUT2D eigenvalue weighted by Gasteiger charge is -2.09. The Bertz CT molecular complexity index is 871. The molecule has 1 aromatic heterocycles. The summed E-state index contributed by atoms with van der Waals surface area (Å²) in [5, 5.41) is 18.3. The highest BCUT2D eigenvalue weighted by molar-refractivity contribution is 5.67. The maximum absolute atomic E-state index is 11.1. The van der Waals surface area contributed by atoms with Gasteiger partial charge in [-0.15, -0.1) is 0 Å².